The highest BCUT2D eigenvalue weighted by molar-refractivity contribution is 5.97. The Kier molecular flexibility index (Phi) is 2.02. The number of rotatable bonds is 2. The smallest absolute Gasteiger partial charge is 0.318 e. The summed E-state index contributed by atoms with van der Waals surface area (Å²) in [5.74, 6) is -1.31. The molecule has 0 N–H and O–H groups in total. The van der Waals surface area contributed by atoms with Crippen molar-refractivity contribution in [2.24, 2.45) is 23.7 Å². The van der Waals surface area contributed by atoms with E-state index in [2.05, 4.69) is 17.9 Å². The summed E-state index contributed by atoms with van der Waals surface area (Å²) in [6.45, 7) is 7.36. The molecule has 0 aromatic heterocycles. The number of hydrogen-bond acceptors (Lipinski definition) is 3. The van der Waals surface area contributed by atoms with Crippen LogP contribution in [0.2, 0.25) is 0 Å². The van der Waals surface area contributed by atoms with Gasteiger partial charge < -0.3 is 4.74 Å². The summed E-state index contributed by atoms with van der Waals surface area (Å²) in [4.78, 5) is 22.7. The van der Waals surface area contributed by atoms with E-state index in [1.807, 2.05) is 0 Å². The van der Waals surface area contributed by atoms with Crippen molar-refractivity contribution in [1.82, 2.24) is 0 Å². The van der Waals surface area contributed by atoms with Crippen molar-refractivity contribution in [2.45, 2.75) is 6.42 Å². The Morgan fingerprint density at radius 3 is 1.86 bits per heavy atom. The van der Waals surface area contributed by atoms with Gasteiger partial charge in [0.05, 0.1) is 11.8 Å². The van der Waals surface area contributed by atoms with E-state index in [-0.39, 0.29) is 23.7 Å². The molecule has 2 aliphatic rings. The molecule has 0 aromatic carbocycles. The van der Waals surface area contributed by atoms with Crippen LogP contribution in [0.25, 0.3) is 0 Å². The number of cyclic esters (lactones) is 2. The average Bonchev–Trinajstić information content (AvgIpc) is 2.67. The molecule has 0 amide bonds. The van der Waals surface area contributed by atoms with Crippen LogP contribution in [0.15, 0.2) is 25.3 Å². The molecule has 4 unspecified atom stereocenters. The molecule has 0 aromatic rings. The van der Waals surface area contributed by atoms with Gasteiger partial charge in [-0.15, -0.1) is 13.2 Å². The summed E-state index contributed by atoms with van der Waals surface area (Å²) >= 11 is 0. The minimum atomic E-state index is -0.394. The highest BCUT2D eigenvalue weighted by atomic mass is 16.6. The first-order valence-corrected chi connectivity index (χ1v) is 4.69. The molecule has 14 heavy (non-hydrogen) atoms. The molecule has 1 aliphatic heterocycles. The van der Waals surface area contributed by atoms with Gasteiger partial charge in [-0.25, -0.2) is 0 Å². The van der Waals surface area contributed by atoms with Crippen LogP contribution in [0.3, 0.4) is 0 Å². The fraction of sp³-hybridized carbons (Fsp3) is 0.455. The van der Waals surface area contributed by atoms with Crippen LogP contribution in [0.5, 0.6) is 0 Å². The topological polar surface area (TPSA) is 43.4 Å². The van der Waals surface area contributed by atoms with Gasteiger partial charge in [0.2, 0.25) is 0 Å². The third-order valence-corrected chi connectivity index (χ3v) is 3.20. The Balaban J connectivity index is 2.35. The monoisotopic (exact) mass is 192 g/mol. The van der Waals surface area contributed by atoms with Crippen molar-refractivity contribution in [3.8, 4) is 0 Å². The van der Waals surface area contributed by atoms with E-state index < -0.39 is 11.9 Å². The molecule has 1 saturated heterocycles. The highest BCUT2D eigenvalue weighted by Gasteiger charge is 2.55. The number of allylic oxidation sites excluding steroid dienone is 2. The number of esters is 2. The average molecular weight is 192 g/mol. The van der Waals surface area contributed by atoms with Crippen LogP contribution >= 0.6 is 0 Å². The van der Waals surface area contributed by atoms with Crippen molar-refractivity contribution in [2.75, 3.05) is 0 Å². The molecule has 4 atom stereocenters. The summed E-state index contributed by atoms with van der Waals surface area (Å²) in [6.07, 6.45) is 4.26. The van der Waals surface area contributed by atoms with Gasteiger partial charge in [0, 0.05) is 0 Å². The van der Waals surface area contributed by atoms with E-state index in [4.69, 9.17) is 0 Å². The van der Waals surface area contributed by atoms with Gasteiger partial charge in [-0.3, -0.25) is 9.59 Å². The second-order valence-electron chi connectivity index (χ2n) is 3.83. The molecule has 1 aliphatic carbocycles. The van der Waals surface area contributed by atoms with Crippen molar-refractivity contribution in [1.29, 1.82) is 0 Å². The summed E-state index contributed by atoms with van der Waals surface area (Å²) in [7, 11) is 0. The van der Waals surface area contributed by atoms with Crippen LogP contribution in [-0.2, 0) is 14.3 Å². The lowest BCUT2D eigenvalue weighted by Gasteiger charge is -2.07. The quantitative estimate of drug-likeness (QED) is 0.376. The summed E-state index contributed by atoms with van der Waals surface area (Å²) in [6, 6.07) is 0. The third kappa shape index (κ3) is 1.05. The van der Waals surface area contributed by atoms with E-state index in [0.29, 0.717) is 0 Å². The standard InChI is InChI=1S/C11H12O3/c1-3-6-5-7(4-2)9-8(6)10(12)14-11(9)13/h3-4,6-9H,1-2,5H2. The predicted octanol–water partition coefficient (Wildman–Crippen LogP) is 1.31. The van der Waals surface area contributed by atoms with Gasteiger partial charge in [-0.2, -0.15) is 0 Å². The number of carbonyl (C=O) groups excluding carboxylic acids is 2. The highest BCUT2D eigenvalue weighted by Crippen LogP contribution is 2.47. The van der Waals surface area contributed by atoms with E-state index >= 15 is 0 Å². The first-order chi connectivity index (χ1) is 6.69. The predicted molar refractivity (Wildman–Crippen MR) is 50.1 cm³/mol. The zero-order valence-electron chi connectivity index (χ0n) is 7.81. The van der Waals surface area contributed by atoms with Crippen LogP contribution in [0.4, 0.5) is 0 Å². The van der Waals surface area contributed by atoms with Crippen LogP contribution in [0.1, 0.15) is 6.42 Å². The molecule has 1 saturated carbocycles. The Morgan fingerprint density at radius 2 is 1.50 bits per heavy atom. The van der Waals surface area contributed by atoms with Crippen molar-refractivity contribution in [3.63, 3.8) is 0 Å². The molecule has 0 spiro atoms. The Morgan fingerprint density at radius 1 is 1.07 bits per heavy atom. The lowest BCUT2D eigenvalue weighted by atomic mass is 9.89. The number of fused-ring (bicyclic) bond motifs is 1. The normalized spacial score (nSPS) is 40.6. The fourth-order valence-electron chi connectivity index (χ4n) is 2.50. The van der Waals surface area contributed by atoms with Gasteiger partial charge >= 0.3 is 11.9 Å². The maximum Gasteiger partial charge on any atom is 0.318 e. The third-order valence-electron chi connectivity index (χ3n) is 3.20. The van der Waals surface area contributed by atoms with Crippen molar-refractivity contribution < 1.29 is 14.3 Å². The molecule has 74 valence electrons. The van der Waals surface area contributed by atoms with Crippen LogP contribution in [0, 0.1) is 23.7 Å². The minimum Gasteiger partial charge on any atom is -0.393 e. The van der Waals surface area contributed by atoms with E-state index in [1.165, 1.54) is 0 Å². The van der Waals surface area contributed by atoms with E-state index in [1.54, 1.807) is 12.2 Å². The molecule has 2 rings (SSSR count). The Hall–Kier alpha value is -1.38. The molecule has 2 fully saturated rings. The second kappa shape index (κ2) is 3.08. The zero-order valence-corrected chi connectivity index (χ0v) is 7.81. The maximum absolute atomic E-state index is 11.4. The molecule has 0 radical (unpaired) electrons. The molecular formula is C11H12O3. The lowest BCUT2D eigenvalue weighted by Crippen LogP contribution is -2.18. The Labute approximate surface area is 82.4 Å². The summed E-state index contributed by atoms with van der Waals surface area (Å²) in [5.41, 5.74) is 0. The van der Waals surface area contributed by atoms with Gasteiger partial charge in [0.15, 0.2) is 0 Å². The maximum atomic E-state index is 11.4. The SMILES string of the molecule is C=CC1CC(C=C)C2C(=O)OC(=O)C12. The van der Waals surface area contributed by atoms with E-state index in [9.17, 15) is 9.59 Å². The van der Waals surface area contributed by atoms with Gasteiger partial charge in [0.1, 0.15) is 0 Å². The van der Waals surface area contributed by atoms with Crippen molar-refractivity contribution >= 4 is 11.9 Å². The van der Waals surface area contributed by atoms with Gasteiger partial charge in [-0.05, 0) is 18.3 Å². The molecule has 1 heterocycles. The first kappa shape index (κ1) is 9.19. The fourth-order valence-corrected chi connectivity index (χ4v) is 2.50. The van der Waals surface area contributed by atoms with Crippen LogP contribution < -0.4 is 0 Å². The van der Waals surface area contributed by atoms with Crippen LogP contribution in [-0.4, -0.2) is 11.9 Å². The lowest BCUT2D eigenvalue weighted by molar-refractivity contribution is -0.154. The Bertz CT molecular complexity index is 288. The molecule has 0 bridgehead atoms. The number of carbonyl (C=O) groups is 2. The first-order valence-electron chi connectivity index (χ1n) is 4.69. The van der Waals surface area contributed by atoms with Gasteiger partial charge in [0.25, 0.3) is 0 Å². The molecule has 3 nitrogen and oxygen atoms in total. The number of ether oxygens (including phenoxy) is 1. The summed E-state index contributed by atoms with van der Waals surface area (Å²) < 4.78 is 4.62. The van der Waals surface area contributed by atoms with Gasteiger partial charge in [-0.1, -0.05) is 12.2 Å². The van der Waals surface area contributed by atoms with Crippen molar-refractivity contribution in [3.05, 3.63) is 25.3 Å². The summed E-state index contributed by atoms with van der Waals surface area (Å²) in [5, 5.41) is 0. The number of hydrogen-bond donors (Lipinski definition) is 0. The zero-order chi connectivity index (χ0) is 10.3. The molecular weight excluding hydrogens is 180 g/mol. The minimum absolute atomic E-state index is 0.0574. The molecule has 3 heteroatoms. The van der Waals surface area contributed by atoms with E-state index in [0.717, 1.165) is 6.42 Å². The largest absolute Gasteiger partial charge is 0.393 e. The second-order valence-corrected chi connectivity index (χ2v) is 3.83.